The van der Waals surface area contributed by atoms with Gasteiger partial charge in [0.15, 0.2) is 0 Å². The first-order chi connectivity index (χ1) is 8.47. The SMILES string of the molecule is CCNC(CSc1ccc(OC)cc1)C(C)(C)C. The van der Waals surface area contributed by atoms with E-state index in [0.717, 1.165) is 18.0 Å². The summed E-state index contributed by atoms with van der Waals surface area (Å²) in [5, 5.41) is 3.57. The Kier molecular flexibility index (Phi) is 6.03. The molecule has 1 atom stereocenters. The average Bonchev–Trinajstić information content (AvgIpc) is 2.33. The van der Waals surface area contributed by atoms with Crippen molar-refractivity contribution in [1.82, 2.24) is 5.32 Å². The second kappa shape index (κ2) is 7.05. The number of hydrogen-bond acceptors (Lipinski definition) is 3. The molecular formula is C15H25NOS. The van der Waals surface area contributed by atoms with Crippen LogP contribution in [-0.4, -0.2) is 25.4 Å². The van der Waals surface area contributed by atoms with Crippen LogP contribution in [0.15, 0.2) is 29.2 Å². The van der Waals surface area contributed by atoms with Crippen LogP contribution >= 0.6 is 11.8 Å². The monoisotopic (exact) mass is 267 g/mol. The minimum absolute atomic E-state index is 0.287. The normalized spacial score (nSPS) is 13.4. The lowest BCUT2D eigenvalue weighted by Crippen LogP contribution is -2.42. The van der Waals surface area contributed by atoms with Crippen LogP contribution in [0.2, 0.25) is 0 Å². The molecule has 1 aromatic rings. The topological polar surface area (TPSA) is 21.3 Å². The van der Waals surface area contributed by atoms with Gasteiger partial charge in [-0.3, -0.25) is 0 Å². The molecule has 0 saturated heterocycles. The number of ether oxygens (including phenoxy) is 1. The van der Waals surface area contributed by atoms with E-state index in [1.807, 2.05) is 23.9 Å². The molecule has 0 saturated carbocycles. The highest BCUT2D eigenvalue weighted by Crippen LogP contribution is 2.27. The maximum absolute atomic E-state index is 5.17. The summed E-state index contributed by atoms with van der Waals surface area (Å²) < 4.78 is 5.17. The van der Waals surface area contributed by atoms with Gasteiger partial charge in [0.2, 0.25) is 0 Å². The molecule has 0 aliphatic rings. The Labute approximate surface area is 116 Å². The summed E-state index contributed by atoms with van der Waals surface area (Å²) in [6.45, 7) is 10.0. The summed E-state index contributed by atoms with van der Waals surface area (Å²) in [5.74, 6) is 2.00. The van der Waals surface area contributed by atoms with Crippen molar-refractivity contribution in [1.29, 1.82) is 0 Å². The van der Waals surface area contributed by atoms with E-state index >= 15 is 0 Å². The van der Waals surface area contributed by atoms with Gasteiger partial charge in [0, 0.05) is 16.7 Å². The smallest absolute Gasteiger partial charge is 0.118 e. The van der Waals surface area contributed by atoms with Crippen LogP contribution in [0.4, 0.5) is 0 Å². The molecule has 0 spiro atoms. The van der Waals surface area contributed by atoms with E-state index in [1.54, 1.807) is 7.11 Å². The Morgan fingerprint density at radius 3 is 2.28 bits per heavy atom. The maximum atomic E-state index is 5.17. The molecule has 2 nitrogen and oxygen atoms in total. The number of hydrogen-bond donors (Lipinski definition) is 1. The summed E-state index contributed by atoms with van der Waals surface area (Å²) in [6, 6.07) is 8.79. The average molecular weight is 267 g/mol. The third-order valence-electron chi connectivity index (χ3n) is 2.97. The number of methoxy groups -OCH3 is 1. The summed E-state index contributed by atoms with van der Waals surface area (Å²) in [7, 11) is 1.70. The zero-order valence-corrected chi connectivity index (χ0v) is 12.9. The molecule has 0 aromatic heterocycles. The highest BCUT2D eigenvalue weighted by atomic mass is 32.2. The third-order valence-corrected chi connectivity index (χ3v) is 4.08. The first kappa shape index (κ1) is 15.4. The molecule has 3 heteroatoms. The van der Waals surface area contributed by atoms with Crippen LogP contribution in [0.1, 0.15) is 27.7 Å². The molecule has 1 N–H and O–H groups in total. The second-order valence-electron chi connectivity index (χ2n) is 5.46. The minimum Gasteiger partial charge on any atom is -0.497 e. The predicted octanol–water partition coefficient (Wildman–Crippen LogP) is 3.81. The van der Waals surface area contributed by atoms with Crippen LogP contribution in [-0.2, 0) is 0 Å². The Morgan fingerprint density at radius 1 is 1.22 bits per heavy atom. The van der Waals surface area contributed by atoms with Gasteiger partial charge >= 0.3 is 0 Å². The Morgan fingerprint density at radius 2 is 1.83 bits per heavy atom. The van der Waals surface area contributed by atoms with Crippen LogP contribution < -0.4 is 10.1 Å². The van der Waals surface area contributed by atoms with Gasteiger partial charge in [-0.05, 0) is 36.2 Å². The molecule has 0 bridgehead atoms. The van der Waals surface area contributed by atoms with E-state index < -0.39 is 0 Å². The van der Waals surface area contributed by atoms with Gasteiger partial charge in [0.05, 0.1) is 7.11 Å². The van der Waals surface area contributed by atoms with Crippen LogP contribution in [0, 0.1) is 5.41 Å². The van der Waals surface area contributed by atoms with Crippen molar-refractivity contribution >= 4 is 11.8 Å². The molecule has 0 fully saturated rings. The zero-order valence-electron chi connectivity index (χ0n) is 12.1. The fourth-order valence-electron chi connectivity index (χ4n) is 1.71. The van der Waals surface area contributed by atoms with Crippen LogP contribution in [0.5, 0.6) is 5.75 Å². The minimum atomic E-state index is 0.287. The summed E-state index contributed by atoms with van der Waals surface area (Å²) in [6.07, 6.45) is 0. The molecule has 1 aromatic carbocycles. The number of rotatable bonds is 6. The molecule has 102 valence electrons. The lowest BCUT2D eigenvalue weighted by Gasteiger charge is -2.31. The van der Waals surface area contributed by atoms with Crippen molar-refractivity contribution in [3.63, 3.8) is 0 Å². The van der Waals surface area contributed by atoms with Crippen LogP contribution in [0.3, 0.4) is 0 Å². The quantitative estimate of drug-likeness (QED) is 0.792. The van der Waals surface area contributed by atoms with Crippen LogP contribution in [0.25, 0.3) is 0 Å². The van der Waals surface area contributed by atoms with E-state index in [1.165, 1.54) is 4.90 Å². The molecule has 0 aliphatic carbocycles. The van der Waals surface area contributed by atoms with Gasteiger partial charge in [0.25, 0.3) is 0 Å². The predicted molar refractivity (Wildman–Crippen MR) is 80.6 cm³/mol. The van der Waals surface area contributed by atoms with Crippen molar-refractivity contribution < 1.29 is 4.74 Å². The van der Waals surface area contributed by atoms with E-state index in [0.29, 0.717) is 6.04 Å². The van der Waals surface area contributed by atoms with Gasteiger partial charge < -0.3 is 10.1 Å². The van der Waals surface area contributed by atoms with Crippen molar-refractivity contribution in [3.8, 4) is 5.75 Å². The summed E-state index contributed by atoms with van der Waals surface area (Å²) >= 11 is 1.90. The van der Waals surface area contributed by atoms with E-state index in [-0.39, 0.29) is 5.41 Å². The standard InChI is InChI=1S/C15H25NOS/c1-6-16-14(15(2,3)4)11-18-13-9-7-12(17-5)8-10-13/h7-10,14,16H,6,11H2,1-5H3. The molecule has 0 aliphatic heterocycles. The Hall–Kier alpha value is -0.670. The van der Waals surface area contributed by atoms with Crippen molar-refractivity contribution in [2.24, 2.45) is 5.41 Å². The van der Waals surface area contributed by atoms with Gasteiger partial charge in [0.1, 0.15) is 5.75 Å². The number of nitrogens with one attached hydrogen (secondary N) is 1. The van der Waals surface area contributed by atoms with Crippen molar-refractivity contribution in [2.45, 2.75) is 38.6 Å². The first-order valence-corrected chi connectivity index (χ1v) is 7.46. The van der Waals surface area contributed by atoms with Crippen molar-refractivity contribution in [3.05, 3.63) is 24.3 Å². The first-order valence-electron chi connectivity index (χ1n) is 6.47. The molecule has 0 heterocycles. The molecule has 0 amide bonds. The highest BCUT2D eigenvalue weighted by molar-refractivity contribution is 7.99. The third kappa shape index (κ3) is 4.91. The lowest BCUT2D eigenvalue weighted by atomic mass is 9.88. The molecule has 1 rings (SSSR count). The second-order valence-corrected chi connectivity index (χ2v) is 6.56. The lowest BCUT2D eigenvalue weighted by molar-refractivity contribution is 0.295. The zero-order chi connectivity index (χ0) is 13.6. The van der Waals surface area contributed by atoms with E-state index in [9.17, 15) is 0 Å². The summed E-state index contributed by atoms with van der Waals surface area (Å²) in [4.78, 5) is 1.29. The number of thioether (sulfide) groups is 1. The Bertz CT molecular complexity index is 343. The Balaban J connectivity index is 2.55. The fraction of sp³-hybridized carbons (Fsp3) is 0.600. The maximum Gasteiger partial charge on any atom is 0.118 e. The number of benzene rings is 1. The van der Waals surface area contributed by atoms with Gasteiger partial charge in [-0.1, -0.05) is 27.7 Å². The van der Waals surface area contributed by atoms with E-state index in [4.69, 9.17) is 4.74 Å². The highest BCUT2D eigenvalue weighted by Gasteiger charge is 2.23. The molecule has 1 unspecified atom stereocenters. The molecule has 18 heavy (non-hydrogen) atoms. The molecular weight excluding hydrogens is 242 g/mol. The summed E-state index contributed by atoms with van der Waals surface area (Å²) in [5.41, 5.74) is 0.287. The fourth-order valence-corrected chi connectivity index (χ4v) is 3.02. The van der Waals surface area contributed by atoms with Gasteiger partial charge in [-0.2, -0.15) is 0 Å². The van der Waals surface area contributed by atoms with E-state index in [2.05, 4.69) is 45.1 Å². The largest absolute Gasteiger partial charge is 0.497 e. The van der Waals surface area contributed by atoms with Gasteiger partial charge in [-0.25, -0.2) is 0 Å². The molecule has 0 radical (unpaired) electrons. The van der Waals surface area contributed by atoms with Crippen molar-refractivity contribution in [2.75, 3.05) is 19.4 Å². The van der Waals surface area contributed by atoms with Gasteiger partial charge in [-0.15, -0.1) is 11.8 Å².